The molecule has 0 saturated carbocycles. The molecule has 1 heterocycles. The lowest BCUT2D eigenvalue weighted by Gasteiger charge is -2.22. The fraction of sp³-hybridized carbons (Fsp3) is 0.385. The zero-order chi connectivity index (χ0) is 13.8. The van der Waals surface area contributed by atoms with Crippen molar-refractivity contribution in [3.8, 4) is 0 Å². The summed E-state index contributed by atoms with van der Waals surface area (Å²) in [5, 5.41) is 2.84. The van der Waals surface area contributed by atoms with E-state index in [9.17, 15) is 4.79 Å². The van der Waals surface area contributed by atoms with Crippen molar-refractivity contribution in [1.82, 2.24) is 0 Å². The van der Waals surface area contributed by atoms with Crippen LogP contribution in [0.4, 0.5) is 5.69 Å². The Morgan fingerprint density at radius 1 is 1.47 bits per heavy atom. The highest BCUT2D eigenvalue weighted by Gasteiger charge is 2.22. The Balaban J connectivity index is 2.15. The maximum absolute atomic E-state index is 12.1. The van der Waals surface area contributed by atoms with Gasteiger partial charge in [0, 0.05) is 16.6 Å². The Labute approximate surface area is 125 Å². The van der Waals surface area contributed by atoms with E-state index in [1.54, 1.807) is 12.1 Å². The van der Waals surface area contributed by atoms with Crippen LogP contribution in [0.25, 0.3) is 0 Å². The fourth-order valence-electron chi connectivity index (χ4n) is 2.00. The minimum absolute atomic E-state index is 0.143. The Morgan fingerprint density at radius 3 is 2.89 bits per heavy atom. The van der Waals surface area contributed by atoms with Crippen molar-refractivity contribution in [2.45, 2.75) is 25.4 Å². The SMILES string of the molecule is NC(=S)c1ccc(Br)cc1NC(=O)C1CCCCO1. The molecule has 3 N–H and O–H groups in total. The number of thiocarbonyl (C=S) groups is 1. The number of hydrogen-bond donors (Lipinski definition) is 2. The van der Waals surface area contributed by atoms with Crippen molar-refractivity contribution in [3.63, 3.8) is 0 Å². The molecular formula is C13H15BrN2O2S. The van der Waals surface area contributed by atoms with E-state index in [0.717, 1.165) is 23.7 Å². The first-order valence-corrected chi connectivity index (χ1v) is 7.30. The van der Waals surface area contributed by atoms with Gasteiger partial charge >= 0.3 is 0 Å². The van der Waals surface area contributed by atoms with Crippen molar-refractivity contribution in [1.29, 1.82) is 0 Å². The number of hydrogen-bond acceptors (Lipinski definition) is 3. The summed E-state index contributed by atoms with van der Waals surface area (Å²) in [6.07, 6.45) is 2.40. The van der Waals surface area contributed by atoms with Gasteiger partial charge in [-0.25, -0.2) is 0 Å². The first-order chi connectivity index (χ1) is 9.08. The van der Waals surface area contributed by atoms with Crippen molar-refractivity contribution < 1.29 is 9.53 Å². The van der Waals surface area contributed by atoms with E-state index in [1.165, 1.54) is 0 Å². The molecule has 19 heavy (non-hydrogen) atoms. The van der Waals surface area contributed by atoms with E-state index in [1.807, 2.05) is 6.07 Å². The second kappa shape index (κ2) is 6.45. The predicted molar refractivity (Wildman–Crippen MR) is 82.3 cm³/mol. The Kier molecular flexibility index (Phi) is 4.90. The second-order valence-corrected chi connectivity index (χ2v) is 5.75. The number of ether oxygens (including phenoxy) is 1. The number of carbonyl (C=O) groups excluding carboxylic acids is 1. The van der Waals surface area contributed by atoms with Gasteiger partial charge in [0.1, 0.15) is 11.1 Å². The van der Waals surface area contributed by atoms with Gasteiger partial charge in [0.15, 0.2) is 0 Å². The minimum atomic E-state index is -0.382. The molecule has 1 aromatic carbocycles. The highest BCUT2D eigenvalue weighted by Crippen LogP contribution is 2.23. The zero-order valence-electron chi connectivity index (χ0n) is 10.3. The van der Waals surface area contributed by atoms with Gasteiger partial charge in [0.2, 0.25) is 0 Å². The zero-order valence-corrected chi connectivity index (χ0v) is 12.7. The van der Waals surface area contributed by atoms with Crippen LogP contribution in [0.1, 0.15) is 24.8 Å². The smallest absolute Gasteiger partial charge is 0.253 e. The molecule has 0 aromatic heterocycles. The van der Waals surface area contributed by atoms with Crippen molar-refractivity contribution in [3.05, 3.63) is 28.2 Å². The first kappa shape index (κ1) is 14.4. The molecule has 1 atom stereocenters. The van der Waals surface area contributed by atoms with Crippen LogP contribution in [0.15, 0.2) is 22.7 Å². The van der Waals surface area contributed by atoms with E-state index >= 15 is 0 Å². The average molecular weight is 343 g/mol. The molecule has 4 nitrogen and oxygen atoms in total. The van der Waals surface area contributed by atoms with Crippen LogP contribution in [0.2, 0.25) is 0 Å². The number of carbonyl (C=O) groups is 1. The van der Waals surface area contributed by atoms with Crippen molar-refractivity contribution in [2.24, 2.45) is 5.73 Å². The molecule has 0 bridgehead atoms. The molecule has 0 radical (unpaired) electrons. The van der Waals surface area contributed by atoms with Crippen molar-refractivity contribution >= 4 is 44.7 Å². The Morgan fingerprint density at radius 2 is 2.26 bits per heavy atom. The summed E-state index contributed by atoms with van der Waals surface area (Å²) in [6, 6.07) is 5.40. The van der Waals surface area contributed by atoms with Gasteiger partial charge in [0.05, 0.1) is 5.69 Å². The van der Waals surface area contributed by atoms with Gasteiger partial charge in [0.25, 0.3) is 5.91 Å². The highest BCUT2D eigenvalue weighted by molar-refractivity contribution is 9.10. The van der Waals surface area contributed by atoms with E-state index in [-0.39, 0.29) is 17.0 Å². The molecular weight excluding hydrogens is 328 g/mol. The molecule has 2 rings (SSSR count). The maximum atomic E-state index is 12.1. The molecule has 1 unspecified atom stereocenters. The normalized spacial score (nSPS) is 18.9. The molecule has 0 aliphatic carbocycles. The number of amides is 1. The summed E-state index contributed by atoms with van der Waals surface area (Å²) >= 11 is 8.35. The monoisotopic (exact) mass is 342 g/mol. The number of anilines is 1. The molecule has 1 saturated heterocycles. The summed E-state index contributed by atoms with van der Waals surface area (Å²) in [5.41, 5.74) is 6.92. The Bertz CT molecular complexity index is 501. The number of nitrogens with one attached hydrogen (secondary N) is 1. The average Bonchev–Trinajstić information content (AvgIpc) is 2.39. The summed E-state index contributed by atoms with van der Waals surface area (Å²) in [5.74, 6) is -0.143. The third-order valence-electron chi connectivity index (χ3n) is 2.98. The van der Waals surface area contributed by atoms with Gasteiger partial charge in [-0.1, -0.05) is 28.1 Å². The molecule has 1 fully saturated rings. The number of nitrogens with two attached hydrogens (primary N) is 1. The first-order valence-electron chi connectivity index (χ1n) is 6.10. The summed E-state index contributed by atoms with van der Waals surface area (Å²) in [7, 11) is 0. The van der Waals surface area contributed by atoms with Gasteiger partial charge in [-0.05, 0) is 37.5 Å². The second-order valence-electron chi connectivity index (χ2n) is 4.40. The number of benzene rings is 1. The highest BCUT2D eigenvalue weighted by atomic mass is 79.9. The number of rotatable bonds is 3. The van der Waals surface area contributed by atoms with Gasteiger partial charge in [-0.15, -0.1) is 0 Å². The third kappa shape index (κ3) is 3.75. The lowest BCUT2D eigenvalue weighted by molar-refractivity contribution is -0.129. The molecule has 1 aliphatic heterocycles. The number of halogens is 1. The van der Waals surface area contributed by atoms with E-state index in [2.05, 4.69) is 21.2 Å². The molecule has 1 aliphatic rings. The lowest BCUT2D eigenvalue weighted by Crippen LogP contribution is -2.33. The van der Waals surface area contributed by atoms with E-state index < -0.39 is 0 Å². The minimum Gasteiger partial charge on any atom is -0.389 e. The quantitative estimate of drug-likeness (QED) is 0.828. The van der Waals surface area contributed by atoms with Crippen LogP contribution >= 0.6 is 28.1 Å². The maximum Gasteiger partial charge on any atom is 0.253 e. The van der Waals surface area contributed by atoms with Crippen LogP contribution in [-0.4, -0.2) is 23.6 Å². The molecule has 0 spiro atoms. The topological polar surface area (TPSA) is 64.3 Å². The predicted octanol–water partition coefficient (Wildman–Crippen LogP) is 2.59. The van der Waals surface area contributed by atoms with E-state index in [4.69, 9.17) is 22.7 Å². The van der Waals surface area contributed by atoms with Crippen LogP contribution < -0.4 is 11.1 Å². The summed E-state index contributed by atoms with van der Waals surface area (Å²) in [6.45, 7) is 0.638. The molecule has 6 heteroatoms. The van der Waals surface area contributed by atoms with Crippen LogP contribution in [-0.2, 0) is 9.53 Å². The van der Waals surface area contributed by atoms with Crippen LogP contribution in [0.3, 0.4) is 0 Å². The Hall–Kier alpha value is -0.980. The standard InChI is InChI=1S/C13H15BrN2O2S/c14-8-4-5-9(12(15)19)10(7-8)16-13(17)11-3-1-2-6-18-11/h4-5,7,11H,1-3,6H2,(H2,15,19)(H,16,17). The molecule has 102 valence electrons. The molecule has 1 aromatic rings. The summed E-state index contributed by atoms with van der Waals surface area (Å²) < 4.78 is 6.31. The molecule has 1 amide bonds. The van der Waals surface area contributed by atoms with E-state index in [0.29, 0.717) is 17.9 Å². The fourth-order valence-corrected chi connectivity index (χ4v) is 2.53. The lowest BCUT2D eigenvalue weighted by atomic mass is 10.1. The van der Waals surface area contributed by atoms with Gasteiger partial charge in [-0.2, -0.15) is 0 Å². The third-order valence-corrected chi connectivity index (χ3v) is 3.69. The van der Waals surface area contributed by atoms with Crippen LogP contribution in [0, 0.1) is 0 Å². The largest absolute Gasteiger partial charge is 0.389 e. The van der Waals surface area contributed by atoms with Gasteiger partial charge < -0.3 is 15.8 Å². The van der Waals surface area contributed by atoms with Crippen LogP contribution in [0.5, 0.6) is 0 Å². The summed E-state index contributed by atoms with van der Waals surface area (Å²) in [4.78, 5) is 12.4. The van der Waals surface area contributed by atoms with Crippen molar-refractivity contribution in [2.75, 3.05) is 11.9 Å². The van der Waals surface area contributed by atoms with Gasteiger partial charge in [-0.3, -0.25) is 4.79 Å².